The van der Waals surface area contributed by atoms with Crippen LogP contribution in [0.4, 0.5) is 5.69 Å². The molecule has 2 rings (SSSR count). The van der Waals surface area contributed by atoms with Crippen LogP contribution >= 0.6 is 0 Å². The average molecular weight is 345 g/mol. The molecule has 0 radical (unpaired) electrons. The quantitative estimate of drug-likeness (QED) is 0.330. The summed E-state index contributed by atoms with van der Waals surface area (Å²) in [6.45, 7) is 4.20. The van der Waals surface area contributed by atoms with Crippen molar-refractivity contribution < 1.29 is 23.9 Å². The number of hydrogen-bond acceptors (Lipinski definition) is 6. The van der Waals surface area contributed by atoms with Crippen molar-refractivity contribution in [2.45, 2.75) is 13.8 Å². The number of nitrogens with zero attached hydrogens (tertiary/aromatic N) is 1. The highest BCUT2D eigenvalue weighted by atomic mass is 16.6. The van der Waals surface area contributed by atoms with Crippen LogP contribution in [0.25, 0.3) is 0 Å². The highest BCUT2D eigenvalue weighted by molar-refractivity contribution is 5.90. The van der Waals surface area contributed by atoms with Gasteiger partial charge in [0.1, 0.15) is 19.0 Å². The Morgan fingerprint density at radius 2 is 1.72 bits per heavy atom. The van der Waals surface area contributed by atoms with Gasteiger partial charge in [0.2, 0.25) is 0 Å². The smallest absolute Gasteiger partial charge is 0.337 e. The number of aryl methyl sites for hydroxylation is 2. The van der Waals surface area contributed by atoms with Gasteiger partial charge in [-0.3, -0.25) is 10.1 Å². The van der Waals surface area contributed by atoms with Crippen molar-refractivity contribution in [1.82, 2.24) is 0 Å². The monoisotopic (exact) mass is 345 g/mol. The van der Waals surface area contributed by atoms with Crippen LogP contribution in [0.5, 0.6) is 11.5 Å². The maximum absolute atomic E-state index is 11.6. The van der Waals surface area contributed by atoms with Gasteiger partial charge in [0.05, 0.1) is 17.6 Å². The van der Waals surface area contributed by atoms with Crippen molar-refractivity contribution in [2.75, 3.05) is 20.3 Å². The molecule has 0 aliphatic carbocycles. The first kappa shape index (κ1) is 18.3. The summed E-state index contributed by atoms with van der Waals surface area (Å²) >= 11 is 0. The van der Waals surface area contributed by atoms with Gasteiger partial charge < -0.3 is 14.2 Å². The van der Waals surface area contributed by atoms with Crippen LogP contribution in [0.15, 0.2) is 36.4 Å². The van der Waals surface area contributed by atoms with E-state index in [2.05, 4.69) is 4.74 Å². The number of carbonyl (C=O) groups excluding carboxylic acids is 1. The molecule has 0 heterocycles. The van der Waals surface area contributed by atoms with E-state index in [0.29, 0.717) is 0 Å². The molecular weight excluding hydrogens is 326 g/mol. The van der Waals surface area contributed by atoms with Crippen LogP contribution < -0.4 is 9.47 Å². The summed E-state index contributed by atoms with van der Waals surface area (Å²) in [7, 11) is 1.24. The van der Waals surface area contributed by atoms with Gasteiger partial charge >= 0.3 is 11.7 Å². The van der Waals surface area contributed by atoms with E-state index in [9.17, 15) is 14.9 Å². The average Bonchev–Trinajstić information content (AvgIpc) is 2.60. The van der Waals surface area contributed by atoms with E-state index in [-0.39, 0.29) is 30.2 Å². The molecule has 0 N–H and O–H groups in total. The normalized spacial score (nSPS) is 10.2. The van der Waals surface area contributed by atoms with E-state index >= 15 is 0 Å². The SMILES string of the molecule is COC(=O)c1ccc([N+](=O)[O-])c(OCCOc2cc(C)ccc2C)c1. The highest BCUT2D eigenvalue weighted by Gasteiger charge is 2.18. The molecular formula is C18H19NO6. The van der Waals surface area contributed by atoms with Gasteiger partial charge in [-0.1, -0.05) is 12.1 Å². The Morgan fingerprint density at radius 3 is 2.36 bits per heavy atom. The molecule has 0 spiro atoms. The maximum Gasteiger partial charge on any atom is 0.337 e. The Kier molecular flexibility index (Phi) is 5.94. The van der Waals surface area contributed by atoms with E-state index in [1.54, 1.807) is 0 Å². The largest absolute Gasteiger partial charge is 0.490 e. The number of ether oxygens (including phenoxy) is 3. The summed E-state index contributed by atoms with van der Waals surface area (Å²) < 4.78 is 15.7. The summed E-state index contributed by atoms with van der Waals surface area (Å²) in [4.78, 5) is 22.1. The first-order valence-electron chi connectivity index (χ1n) is 7.62. The molecule has 132 valence electrons. The standard InChI is InChI=1S/C18H19NO6/c1-12-4-5-13(2)16(10-12)24-8-9-25-17-11-14(18(20)23-3)6-7-15(17)19(21)22/h4-7,10-11H,8-9H2,1-3H3. The molecule has 2 aromatic rings. The first-order chi connectivity index (χ1) is 11.9. The Bertz CT molecular complexity index is 787. The minimum atomic E-state index is -0.591. The molecule has 7 nitrogen and oxygen atoms in total. The van der Waals surface area contributed by atoms with Crippen LogP contribution in [-0.2, 0) is 4.74 Å². The molecule has 0 aromatic heterocycles. The van der Waals surface area contributed by atoms with Crippen molar-refractivity contribution in [3.05, 3.63) is 63.2 Å². The van der Waals surface area contributed by atoms with E-state index in [4.69, 9.17) is 9.47 Å². The molecule has 0 aliphatic heterocycles. The molecule has 0 fully saturated rings. The van der Waals surface area contributed by atoms with E-state index in [1.807, 2.05) is 32.0 Å². The number of esters is 1. The van der Waals surface area contributed by atoms with Crippen molar-refractivity contribution in [2.24, 2.45) is 0 Å². The van der Waals surface area contributed by atoms with Gasteiger partial charge in [-0.2, -0.15) is 0 Å². The van der Waals surface area contributed by atoms with Crippen LogP contribution in [0.1, 0.15) is 21.5 Å². The number of hydrogen-bond donors (Lipinski definition) is 0. The van der Waals surface area contributed by atoms with Gasteiger partial charge in [0.15, 0.2) is 5.75 Å². The molecule has 0 unspecified atom stereocenters. The fraction of sp³-hybridized carbons (Fsp3) is 0.278. The lowest BCUT2D eigenvalue weighted by Gasteiger charge is -2.11. The van der Waals surface area contributed by atoms with Gasteiger partial charge in [0, 0.05) is 12.1 Å². The highest BCUT2D eigenvalue weighted by Crippen LogP contribution is 2.28. The van der Waals surface area contributed by atoms with E-state index < -0.39 is 10.9 Å². The molecule has 2 aromatic carbocycles. The fourth-order valence-corrected chi connectivity index (χ4v) is 2.19. The molecule has 7 heteroatoms. The minimum Gasteiger partial charge on any atom is -0.490 e. The van der Waals surface area contributed by atoms with Gasteiger partial charge in [0.25, 0.3) is 0 Å². The lowest BCUT2D eigenvalue weighted by Crippen LogP contribution is -2.11. The Labute approximate surface area is 145 Å². The number of methoxy groups -OCH3 is 1. The van der Waals surface area contributed by atoms with Crippen molar-refractivity contribution in [3.8, 4) is 11.5 Å². The van der Waals surface area contributed by atoms with Gasteiger partial charge in [-0.15, -0.1) is 0 Å². The van der Waals surface area contributed by atoms with Crippen LogP contribution in [0.2, 0.25) is 0 Å². The maximum atomic E-state index is 11.6. The zero-order chi connectivity index (χ0) is 18.4. The summed E-state index contributed by atoms with van der Waals surface area (Å²) in [6.07, 6.45) is 0. The summed E-state index contributed by atoms with van der Waals surface area (Å²) in [6, 6.07) is 9.69. The lowest BCUT2D eigenvalue weighted by atomic mass is 10.1. The van der Waals surface area contributed by atoms with Crippen LogP contribution in [0.3, 0.4) is 0 Å². The molecule has 0 atom stereocenters. The molecule has 25 heavy (non-hydrogen) atoms. The van der Waals surface area contributed by atoms with Gasteiger partial charge in [-0.05, 0) is 37.1 Å². The second-order valence-electron chi connectivity index (χ2n) is 5.40. The Morgan fingerprint density at radius 1 is 1.04 bits per heavy atom. The third kappa shape index (κ3) is 4.69. The summed E-state index contributed by atoms with van der Waals surface area (Å²) in [5, 5.41) is 11.1. The second-order valence-corrected chi connectivity index (χ2v) is 5.40. The molecule has 0 saturated carbocycles. The van der Waals surface area contributed by atoms with Gasteiger partial charge in [-0.25, -0.2) is 4.79 Å². The summed E-state index contributed by atoms with van der Waals surface area (Å²) in [5.41, 5.74) is 2.02. The zero-order valence-electron chi connectivity index (χ0n) is 14.3. The number of nitro groups is 1. The van der Waals surface area contributed by atoms with Crippen molar-refractivity contribution in [3.63, 3.8) is 0 Å². The predicted octanol–water partition coefficient (Wildman–Crippen LogP) is 3.46. The van der Waals surface area contributed by atoms with Crippen LogP contribution in [0, 0.1) is 24.0 Å². The first-order valence-corrected chi connectivity index (χ1v) is 7.62. The third-order valence-corrected chi connectivity index (χ3v) is 3.52. The van der Waals surface area contributed by atoms with Crippen LogP contribution in [-0.4, -0.2) is 31.2 Å². The molecule has 0 saturated heterocycles. The Balaban J connectivity index is 2.04. The topological polar surface area (TPSA) is 87.9 Å². The fourth-order valence-electron chi connectivity index (χ4n) is 2.19. The molecule has 0 aliphatic rings. The van der Waals surface area contributed by atoms with Crippen molar-refractivity contribution >= 4 is 11.7 Å². The Hall–Kier alpha value is -3.09. The predicted molar refractivity (Wildman–Crippen MR) is 91.3 cm³/mol. The number of benzene rings is 2. The lowest BCUT2D eigenvalue weighted by molar-refractivity contribution is -0.385. The molecule has 0 bridgehead atoms. The van der Waals surface area contributed by atoms with E-state index in [1.165, 1.54) is 25.3 Å². The van der Waals surface area contributed by atoms with E-state index in [0.717, 1.165) is 16.9 Å². The summed E-state index contributed by atoms with van der Waals surface area (Å²) in [5.74, 6) is 0.144. The number of rotatable bonds is 7. The third-order valence-electron chi connectivity index (χ3n) is 3.52. The number of nitro benzene ring substituents is 1. The second kappa shape index (κ2) is 8.14. The van der Waals surface area contributed by atoms with Crippen molar-refractivity contribution in [1.29, 1.82) is 0 Å². The number of carbonyl (C=O) groups is 1. The molecule has 0 amide bonds. The zero-order valence-corrected chi connectivity index (χ0v) is 14.3. The minimum absolute atomic E-state index is 0.00235.